The number of ether oxygens (including phenoxy) is 2. The van der Waals surface area contributed by atoms with E-state index in [9.17, 15) is 14.0 Å². The topological polar surface area (TPSA) is 55.8 Å². The number of imide groups is 1. The van der Waals surface area contributed by atoms with Crippen LogP contribution in [0.25, 0.3) is 6.08 Å². The van der Waals surface area contributed by atoms with Crippen molar-refractivity contribution in [2.45, 2.75) is 13.2 Å². The molecule has 4 rings (SSSR count). The number of amides is 2. The number of carbonyl (C=O) groups excluding carboxylic acids is 2. The molecule has 9 heteroatoms. The van der Waals surface area contributed by atoms with Gasteiger partial charge >= 0.3 is 0 Å². The third-order valence-electron chi connectivity index (χ3n) is 5.08. The van der Waals surface area contributed by atoms with E-state index in [-0.39, 0.29) is 28.6 Å². The Balaban J connectivity index is 1.55. The van der Waals surface area contributed by atoms with Crippen LogP contribution in [-0.4, -0.2) is 23.2 Å². The van der Waals surface area contributed by atoms with Gasteiger partial charge in [0.05, 0.1) is 18.6 Å². The highest BCUT2D eigenvalue weighted by molar-refractivity contribution is 8.18. The molecule has 0 N–H and O–H groups in total. The number of benzene rings is 3. The number of rotatable bonds is 7. The predicted octanol–water partition coefficient (Wildman–Crippen LogP) is 6.96. The van der Waals surface area contributed by atoms with E-state index in [2.05, 4.69) is 0 Å². The molecular weight excluding hydrogens is 500 g/mol. The molecule has 1 aliphatic rings. The maximum Gasteiger partial charge on any atom is 0.293 e. The number of hydrogen-bond donors (Lipinski definition) is 0. The van der Waals surface area contributed by atoms with Crippen molar-refractivity contribution >= 4 is 52.2 Å². The first-order chi connectivity index (χ1) is 16.4. The van der Waals surface area contributed by atoms with Gasteiger partial charge < -0.3 is 9.47 Å². The second-order valence-corrected chi connectivity index (χ2v) is 9.07. The van der Waals surface area contributed by atoms with Gasteiger partial charge in [0.25, 0.3) is 11.1 Å². The van der Waals surface area contributed by atoms with E-state index in [1.54, 1.807) is 30.3 Å². The smallest absolute Gasteiger partial charge is 0.293 e. The van der Waals surface area contributed by atoms with Gasteiger partial charge in [-0.25, -0.2) is 4.39 Å². The maximum absolute atomic E-state index is 14.1. The minimum Gasteiger partial charge on any atom is -0.493 e. The summed E-state index contributed by atoms with van der Waals surface area (Å²) in [5.74, 6) is -0.144. The van der Waals surface area contributed by atoms with Crippen LogP contribution in [0.2, 0.25) is 10.0 Å². The Bertz CT molecular complexity index is 1280. The Morgan fingerprint density at radius 1 is 1.00 bits per heavy atom. The van der Waals surface area contributed by atoms with Gasteiger partial charge in [-0.15, -0.1) is 0 Å². The average Bonchev–Trinajstić information content (AvgIpc) is 3.08. The minimum absolute atomic E-state index is 0.0902. The van der Waals surface area contributed by atoms with Gasteiger partial charge in [-0.3, -0.25) is 14.5 Å². The van der Waals surface area contributed by atoms with Crippen molar-refractivity contribution in [3.05, 3.63) is 98.1 Å². The summed E-state index contributed by atoms with van der Waals surface area (Å²) in [4.78, 5) is 26.5. The molecule has 0 bridgehead atoms. The van der Waals surface area contributed by atoms with Crippen LogP contribution in [0, 0.1) is 5.82 Å². The number of thioether (sulfide) groups is 1. The van der Waals surface area contributed by atoms with Gasteiger partial charge in [-0.05, 0) is 53.7 Å². The molecule has 1 saturated heterocycles. The number of methoxy groups -OCH3 is 1. The molecule has 3 aromatic rings. The molecule has 0 aliphatic carbocycles. The van der Waals surface area contributed by atoms with Crippen LogP contribution in [0.4, 0.5) is 9.18 Å². The van der Waals surface area contributed by atoms with Gasteiger partial charge in [-0.2, -0.15) is 0 Å². The van der Waals surface area contributed by atoms with Crippen molar-refractivity contribution in [2.24, 2.45) is 0 Å². The first-order valence-corrected chi connectivity index (χ1v) is 11.7. The standard InChI is InChI=1S/C25H18Cl2FNO4S/c1-32-21-10-9-15(11-22(21)33-14-16-5-2-3-6-18(16)26)12-23-24(30)29(25(31)34-23)13-17-19(27)7-4-8-20(17)28/h2-12H,13-14H2,1H3/b23-12-. The molecule has 2 amide bonds. The first-order valence-electron chi connectivity index (χ1n) is 10.1. The lowest BCUT2D eigenvalue weighted by atomic mass is 10.1. The zero-order chi connectivity index (χ0) is 24.2. The van der Waals surface area contributed by atoms with E-state index in [0.717, 1.165) is 22.2 Å². The van der Waals surface area contributed by atoms with Crippen LogP contribution in [0.1, 0.15) is 16.7 Å². The Labute approximate surface area is 210 Å². The minimum atomic E-state index is -0.578. The first kappa shape index (κ1) is 24.1. The monoisotopic (exact) mass is 517 g/mol. The molecule has 5 nitrogen and oxygen atoms in total. The summed E-state index contributed by atoms with van der Waals surface area (Å²) >= 11 is 13.0. The van der Waals surface area contributed by atoms with Gasteiger partial charge in [0.2, 0.25) is 0 Å². The summed E-state index contributed by atoms with van der Waals surface area (Å²) < 4.78 is 25.4. The molecule has 174 valence electrons. The van der Waals surface area contributed by atoms with E-state index in [0.29, 0.717) is 22.1 Å². The quantitative estimate of drug-likeness (QED) is 0.317. The fraction of sp³-hybridized carbons (Fsp3) is 0.120. The lowest BCUT2D eigenvalue weighted by Crippen LogP contribution is -2.28. The zero-order valence-electron chi connectivity index (χ0n) is 17.9. The normalized spacial score (nSPS) is 14.7. The largest absolute Gasteiger partial charge is 0.493 e. The van der Waals surface area contributed by atoms with Crippen LogP contribution in [0.5, 0.6) is 11.5 Å². The lowest BCUT2D eigenvalue weighted by molar-refractivity contribution is -0.123. The summed E-state index contributed by atoms with van der Waals surface area (Å²) in [6, 6.07) is 16.7. The lowest BCUT2D eigenvalue weighted by Gasteiger charge is -2.14. The van der Waals surface area contributed by atoms with Crippen LogP contribution in [0.15, 0.2) is 65.6 Å². The van der Waals surface area contributed by atoms with Crippen LogP contribution < -0.4 is 9.47 Å². The van der Waals surface area contributed by atoms with E-state index < -0.39 is 17.0 Å². The summed E-state index contributed by atoms with van der Waals surface area (Å²) in [6.07, 6.45) is 1.58. The van der Waals surface area contributed by atoms with Crippen LogP contribution in [-0.2, 0) is 17.9 Å². The molecule has 34 heavy (non-hydrogen) atoms. The van der Waals surface area contributed by atoms with Gasteiger partial charge in [-0.1, -0.05) is 53.5 Å². The summed E-state index contributed by atoms with van der Waals surface area (Å²) in [7, 11) is 1.52. The molecule has 1 aliphatic heterocycles. The Hall–Kier alpha value is -3.00. The summed E-state index contributed by atoms with van der Waals surface area (Å²) in [6.45, 7) is -0.0261. The van der Waals surface area contributed by atoms with Crippen LogP contribution >= 0.6 is 35.0 Å². The number of carbonyl (C=O) groups is 2. The molecule has 3 aromatic carbocycles. The summed E-state index contributed by atoms with van der Waals surface area (Å²) in [5, 5.41) is 0.235. The average molecular weight is 518 g/mol. The van der Waals surface area contributed by atoms with Gasteiger partial charge in [0.1, 0.15) is 12.4 Å². The van der Waals surface area contributed by atoms with Crippen LogP contribution in [0.3, 0.4) is 0 Å². The van der Waals surface area contributed by atoms with Crippen molar-refractivity contribution in [3.63, 3.8) is 0 Å². The Morgan fingerprint density at radius 3 is 2.50 bits per heavy atom. The number of nitrogens with zero attached hydrogens (tertiary/aromatic N) is 1. The third-order valence-corrected chi connectivity index (χ3v) is 6.71. The highest BCUT2D eigenvalue weighted by Crippen LogP contribution is 2.36. The van der Waals surface area contributed by atoms with Crippen molar-refractivity contribution in [1.82, 2.24) is 4.90 Å². The van der Waals surface area contributed by atoms with Gasteiger partial charge in [0.15, 0.2) is 11.5 Å². The Morgan fingerprint density at radius 2 is 1.76 bits per heavy atom. The SMILES string of the molecule is COc1ccc(/C=C2\SC(=O)N(Cc3c(F)cccc3Cl)C2=O)cc1OCc1ccccc1Cl. The Kier molecular flexibility index (Phi) is 7.46. The molecule has 0 atom stereocenters. The van der Waals surface area contributed by atoms with Crippen molar-refractivity contribution in [2.75, 3.05) is 7.11 Å². The van der Waals surface area contributed by atoms with E-state index in [1.165, 1.54) is 25.3 Å². The van der Waals surface area contributed by atoms with E-state index in [1.807, 2.05) is 18.2 Å². The van der Waals surface area contributed by atoms with E-state index in [4.69, 9.17) is 32.7 Å². The van der Waals surface area contributed by atoms with Crippen molar-refractivity contribution in [1.29, 1.82) is 0 Å². The number of halogens is 3. The molecule has 0 aromatic heterocycles. The highest BCUT2D eigenvalue weighted by Gasteiger charge is 2.36. The molecule has 0 saturated carbocycles. The number of hydrogen-bond acceptors (Lipinski definition) is 5. The molecular formula is C25H18Cl2FNO4S. The second kappa shape index (κ2) is 10.5. The fourth-order valence-corrected chi connectivity index (χ4v) is 4.55. The van der Waals surface area contributed by atoms with Crippen molar-refractivity contribution in [3.8, 4) is 11.5 Å². The maximum atomic E-state index is 14.1. The zero-order valence-corrected chi connectivity index (χ0v) is 20.2. The van der Waals surface area contributed by atoms with Crippen molar-refractivity contribution < 1.29 is 23.5 Å². The fourth-order valence-electron chi connectivity index (χ4n) is 3.30. The predicted molar refractivity (Wildman–Crippen MR) is 132 cm³/mol. The molecule has 0 radical (unpaired) electrons. The summed E-state index contributed by atoms with van der Waals surface area (Å²) in [5.41, 5.74) is 1.53. The third kappa shape index (κ3) is 5.22. The molecule has 0 unspecified atom stereocenters. The molecule has 0 spiro atoms. The highest BCUT2D eigenvalue weighted by atomic mass is 35.5. The van der Waals surface area contributed by atoms with Gasteiger partial charge in [0, 0.05) is 21.2 Å². The molecule has 1 heterocycles. The molecule has 1 fully saturated rings. The van der Waals surface area contributed by atoms with E-state index >= 15 is 0 Å². The second-order valence-electron chi connectivity index (χ2n) is 7.26.